The molecule has 0 aliphatic carbocycles. The van der Waals surface area contributed by atoms with Gasteiger partial charge in [0.15, 0.2) is 5.78 Å². The number of hydrogen-bond acceptors (Lipinski definition) is 4. The third-order valence-electron chi connectivity index (χ3n) is 3.39. The lowest BCUT2D eigenvalue weighted by Crippen LogP contribution is -2.29. The summed E-state index contributed by atoms with van der Waals surface area (Å²) in [5, 5.41) is 18.4. The number of aromatic nitrogens is 2. The standard InChI is InChI=1S/C16H19N3O3/c1-10-3-5-12(6-4-10)13(7-8-20)17-16(22)15-9-14(11(2)21)18-19-15/h3-6,9,13,20H,7-8H2,1-2H3,(H,17,22)(H,18,19). The average Bonchev–Trinajstić information content (AvgIpc) is 2.98. The molecule has 0 saturated carbocycles. The molecule has 6 heteroatoms. The molecular weight excluding hydrogens is 282 g/mol. The summed E-state index contributed by atoms with van der Waals surface area (Å²) in [5.41, 5.74) is 2.48. The number of aryl methyl sites for hydroxylation is 1. The van der Waals surface area contributed by atoms with Gasteiger partial charge < -0.3 is 10.4 Å². The summed E-state index contributed by atoms with van der Waals surface area (Å²) in [6, 6.07) is 8.87. The predicted molar refractivity (Wildman–Crippen MR) is 81.7 cm³/mol. The van der Waals surface area contributed by atoms with Gasteiger partial charge in [0.05, 0.1) is 6.04 Å². The molecule has 1 aromatic heterocycles. The average molecular weight is 301 g/mol. The highest BCUT2D eigenvalue weighted by Crippen LogP contribution is 2.18. The minimum atomic E-state index is -0.362. The third-order valence-corrected chi connectivity index (χ3v) is 3.39. The van der Waals surface area contributed by atoms with E-state index in [1.54, 1.807) is 0 Å². The van der Waals surface area contributed by atoms with Crippen molar-refractivity contribution in [3.63, 3.8) is 0 Å². The van der Waals surface area contributed by atoms with Gasteiger partial charge >= 0.3 is 0 Å². The second-order valence-corrected chi connectivity index (χ2v) is 5.17. The summed E-state index contributed by atoms with van der Waals surface area (Å²) >= 11 is 0. The number of benzene rings is 1. The molecule has 0 aliphatic heterocycles. The van der Waals surface area contributed by atoms with E-state index in [4.69, 9.17) is 0 Å². The molecule has 0 fully saturated rings. The number of aliphatic hydroxyl groups excluding tert-OH is 1. The minimum absolute atomic E-state index is 0.0412. The van der Waals surface area contributed by atoms with Crippen LogP contribution in [-0.2, 0) is 0 Å². The van der Waals surface area contributed by atoms with Crippen LogP contribution in [0.3, 0.4) is 0 Å². The number of Topliss-reactive ketones (excluding diaryl/α,β-unsaturated/α-hetero) is 1. The Morgan fingerprint density at radius 2 is 2.00 bits per heavy atom. The van der Waals surface area contributed by atoms with Crippen molar-refractivity contribution in [1.29, 1.82) is 0 Å². The van der Waals surface area contributed by atoms with Crippen LogP contribution >= 0.6 is 0 Å². The van der Waals surface area contributed by atoms with Crippen LogP contribution in [0.1, 0.15) is 51.5 Å². The summed E-state index contributed by atoms with van der Waals surface area (Å²) in [6.45, 7) is 3.33. The number of amides is 1. The van der Waals surface area contributed by atoms with Crippen LogP contribution in [0.25, 0.3) is 0 Å². The fourth-order valence-electron chi connectivity index (χ4n) is 2.10. The maximum absolute atomic E-state index is 12.2. The highest BCUT2D eigenvalue weighted by molar-refractivity contribution is 5.97. The third kappa shape index (κ3) is 3.79. The van der Waals surface area contributed by atoms with Gasteiger partial charge in [0.1, 0.15) is 11.4 Å². The molecule has 2 aromatic rings. The van der Waals surface area contributed by atoms with Crippen LogP contribution in [0, 0.1) is 6.92 Å². The summed E-state index contributed by atoms with van der Waals surface area (Å²) < 4.78 is 0. The molecule has 1 aromatic carbocycles. The van der Waals surface area contributed by atoms with Crippen molar-refractivity contribution in [2.75, 3.05) is 6.61 Å². The fraction of sp³-hybridized carbons (Fsp3) is 0.312. The normalized spacial score (nSPS) is 12.0. The van der Waals surface area contributed by atoms with Gasteiger partial charge in [-0.25, -0.2) is 0 Å². The summed E-state index contributed by atoms with van der Waals surface area (Å²) in [6.07, 6.45) is 0.405. The topological polar surface area (TPSA) is 95.1 Å². The number of rotatable bonds is 6. The van der Waals surface area contributed by atoms with E-state index in [0.717, 1.165) is 11.1 Å². The van der Waals surface area contributed by atoms with Gasteiger partial charge in [0.2, 0.25) is 0 Å². The van der Waals surface area contributed by atoms with Crippen molar-refractivity contribution in [3.8, 4) is 0 Å². The zero-order valence-corrected chi connectivity index (χ0v) is 12.6. The largest absolute Gasteiger partial charge is 0.396 e. The van der Waals surface area contributed by atoms with Crippen molar-refractivity contribution in [1.82, 2.24) is 15.5 Å². The molecular formula is C16H19N3O3. The van der Waals surface area contributed by atoms with Gasteiger partial charge in [-0.15, -0.1) is 0 Å². The number of nitrogens with zero attached hydrogens (tertiary/aromatic N) is 1. The summed E-state index contributed by atoms with van der Waals surface area (Å²) in [4.78, 5) is 23.4. The number of hydrogen-bond donors (Lipinski definition) is 3. The number of nitrogens with one attached hydrogen (secondary N) is 2. The molecule has 0 radical (unpaired) electrons. The molecule has 0 bridgehead atoms. The number of H-pyrrole nitrogens is 1. The molecule has 1 atom stereocenters. The monoisotopic (exact) mass is 301 g/mol. The molecule has 116 valence electrons. The summed E-state index contributed by atoms with van der Waals surface area (Å²) in [7, 11) is 0. The lowest BCUT2D eigenvalue weighted by molar-refractivity contribution is 0.0924. The molecule has 3 N–H and O–H groups in total. The SMILES string of the molecule is CC(=O)c1cc(C(=O)NC(CCO)c2ccc(C)cc2)[nH]n1. The Morgan fingerprint density at radius 1 is 1.32 bits per heavy atom. The lowest BCUT2D eigenvalue weighted by Gasteiger charge is -2.18. The first-order valence-electron chi connectivity index (χ1n) is 7.06. The van der Waals surface area contributed by atoms with Crippen molar-refractivity contribution < 1.29 is 14.7 Å². The van der Waals surface area contributed by atoms with E-state index < -0.39 is 0 Å². The Balaban J connectivity index is 2.14. The summed E-state index contributed by atoms with van der Waals surface area (Å²) in [5.74, 6) is -0.570. The van der Waals surface area contributed by atoms with Crippen molar-refractivity contribution in [2.45, 2.75) is 26.3 Å². The van der Waals surface area contributed by atoms with Gasteiger partial charge in [-0.05, 0) is 25.0 Å². The zero-order valence-electron chi connectivity index (χ0n) is 12.6. The van der Waals surface area contributed by atoms with Gasteiger partial charge in [-0.1, -0.05) is 29.8 Å². The van der Waals surface area contributed by atoms with Crippen LogP contribution in [-0.4, -0.2) is 33.6 Å². The highest BCUT2D eigenvalue weighted by Gasteiger charge is 2.18. The number of aliphatic hydroxyl groups is 1. The predicted octanol–water partition coefficient (Wildman–Crippen LogP) is 1.77. The van der Waals surface area contributed by atoms with Crippen LogP contribution in [0.2, 0.25) is 0 Å². The first-order valence-corrected chi connectivity index (χ1v) is 7.06. The molecule has 0 aliphatic rings. The van der Waals surface area contributed by atoms with Crippen molar-refractivity contribution >= 4 is 11.7 Å². The van der Waals surface area contributed by atoms with Crippen LogP contribution in [0.15, 0.2) is 30.3 Å². The minimum Gasteiger partial charge on any atom is -0.396 e. The van der Waals surface area contributed by atoms with Gasteiger partial charge in [0, 0.05) is 13.5 Å². The smallest absolute Gasteiger partial charge is 0.269 e. The number of carbonyl (C=O) groups is 2. The van der Waals surface area contributed by atoms with E-state index >= 15 is 0 Å². The first kappa shape index (κ1) is 15.9. The lowest BCUT2D eigenvalue weighted by atomic mass is 10.0. The van der Waals surface area contributed by atoms with Crippen LogP contribution in [0.5, 0.6) is 0 Å². The van der Waals surface area contributed by atoms with Gasteiger partial charge in [-0.3, -0.25) is 14.7 Å². The highest BCUT2D eigenvalue weighted by atomic mass is 16.3. The van der Waals surface area contributed by atoms with E-state index in [9.17, 15) is 14.7 Å². The van der Waals surface area contributed by atoms with Gasteiger partial charge in [0.25, 0.3) is 5.91 Å². The molecule has 0 spiro atoms. The fourth-order valence-corrected chi connectivity index (χ4v) is 2.10. The Labute approximate surface area is 128 Å². The zero-order chi connectivity index (χ0) is 16.1. The van der Waals surface area contributed by atoms with Crippen molar-refractivity contribution in [2.24, 2.45) is 0 Å². The molecule has 6 nitrogen and oxygen atoms in total. The molecule has 0 saturated heterocycles. The molecule has 2 rings (SSSR count). The Bertz CT molecular complexity index is 662. The number of aromatic amines is 1. The van der Waals surface area contributed by atoms with Crippen LogP contribution in [0.4, 0.5) is 0 Å². The van der Waals surface area contributed by atoms with E-state index in [2.05, 4.69) is 15.5 Å². The van der Waals surface area contributed by atoms with E-state index in [-0.39, 0.29) is 35.7 Å². The van der Waals surface area contributed by atoms with Crippen molar-refractivity contribution in [3.05, 3.63) is 52.8 Å². The van der Waals surface area contributed by atoms with Crippen LogP contribution < -0.4 is 5.32 Å². The van der Waals surface area contributed by atoms with E-state index in [1.165, 1.54) is 13.0 Å². The maximum atomic E-state index is 12.2. The second-order valence-electron chi connectivity index (χ2n) is 5.17. The van der Waals surface area contributed by atoms with E-state index in [1.807, 2.05) is 31.2 Å². The molecule has 1 unspecified atom stereocenters. The number of ketones is 1. The Kier molecular flexibility index (Phi) is 5.06. The molecule has 1 heterocycles. The number of carbonyl (C=O) groups excluding carboxylic acids is 2. The second kappa shape index (κ2) is 7.00. The van der Waals surface area contributed by atoms with E-state index in [0.29, 0.717) is 6.42 Å². The Hall–Kier alpha value is -2.47. The first-order chi connectivity index (χ1) is 10.5. The Morgan fingerprint density at radius 3 is 2.55 bits per heavy atom. The molecule has 1 amide bonds. The van der Waals surface area contributed by atoms with Gasteiger partial charge in [-0.2, -0.15) is 5.10 Å². The quantitative estimate of drug-likeness (QED) is 0.709. The molecule has 22 heavy (non-hydrogen) atoms. The maximum Gasteiger partial charge on any atom is 0.269 e.